The predicted molar refractivity (Wildman–Crippen MR) is 63.1 cm³/mol. The van der Waals surface area contributed by atoms with Crippen LogP contribution in [0.3, 0.4) is 0 Å². The number of carboxylic acids is 1. The van der Waals surface area contributed by atoms with Crippen molar-refractivity contribution in [3.05, 3.63) is 11.5 Å². The van der Waals surface area contributed by atoms with E-state index >= 15 is 0 Å². The van der Waals surface area contributed by atoms with Crippen LogP contribution in [-0.2, 0) is 19.1 Å². The van der Waals surface area contributed by atoms with Gasteiger partial charge in [0.2, 0.25) is 0 Å². The number of hydrogen-bond donors (Lipinski definition) is 1. The molecule has 3 aliphatic rings. The summed E-state index contributed by atoms with van der Waals surface area (Å²) in [4.78, 5) is 36.2. The Morgan fingerprint density at radius 2 is 2.00 bits per heavy atom. The molecule has 0 aromatic heterocycles. The summed E-state index contributed by atoms with van der Waals surface area (Å²) in [6.45, 7) is -0.254. The molecule has 7 nitrogen and oxygen atoms in total. The van der Waals surface area contributed by atoms with E-state index in [4.69, 9.17) is 4.74 Å². The number of aliphatic carboxylic acids is 1. The summed E-state index contributed by atoms with van der Waals surface area (Å²) in [5.41, 5.74) is -0.355. The van der Waals surface area contributed by atoms with Gasteiger partial charge in [-0.2, -0.15) is 13.2 Å². The molecule has 3 atom stereocenters. The van der Waals surface area contributed by atoms with Gasteiger partial charge < -0.3 is 16.2 Å². The maximum Gasteiger partial charge on any atom is 1.00 e. The number of allylic oxidation sites excluding steroid dienone is 1. The molecule has 3 rings (SSSR count). The van der Waals surface area contributed by atoms with Gasteiger partial charge >= 0.3 is 47.6 Å². The molecule has 0 aromatic rings. The summed E-state index contributed by atoms with van der Waals surface area (Å²) in [5, 5.41) is 9.18. The fourth-order valence-electron chi connectivity index (χ4n) is 3.44. The first-order chi connectivity index (χ1) is 10.2. The van der Waals surface area contributed by atoms with E-state index in [0.717, 1.165) is 4.90 Å². The van der Waals surface area contributed by atoms with Gasteiger partial charge in [-0.1, -0.05) is 0 Å². The first-order valence-corrected chi connectivity index (χ1v) is 6.39. The molecular weight excluding hydrogens is 332 g/mol. The van der Waals surface area contributed by atoms with Crippen LogP contribution < -0.4 is 29.6 Å². The van der Waals surface area contributed by atoms with Crippen molar-refractivity contribution in [2.45, 2.75) is 24.7 Å². The van der Waals surface area contributed by atoms with Gasteiger partial charge in [0.1, 0.15) is 11.8 Å². The van der Waals surface area contributed by atoms with Gasteiger partial charge in [0.15, 0.2) is 5.70 Å². The topological polar surface area (TPSA) is 87.2 Å². The maximum atomic E-state index is 12.6. The molecule has 2 saturated heterocycles. The molecule has 0 bridgehead atoms. The third-order valence-corrected chi connectivity index (χ3v) is 4.27. The SMILES string of the molecule is COC1=C(C(=O)O)N2C(=O)[C@@H]3[C@H]2[C@H](C1)CN3C(=O)C(F)(F)F.[H-].[Na+]. The van der Waals surface area contributed by atoms with Gasteiger partial charge in [-0.05, 0) is 0 Å². The Kier molecular flexibility index (Phi) is 4.46. The first kappa shape index (κ1) is 18.1. The number of alkyl halides is 3. The molecular formula is C12H12F3N2NaO5. The van der Waals surface area contributed by atoms with Crippen molar-refractivity contribution in [3.63, 3.8) is 0 Å². The largest absolute Gasteiger partial charge is 1.00 e. The molecule has 0 aromatic carbocycles. The normalized spacial score (nSPS) is 28.9. The smallest absolute Gasteiger partial charge is 1.00 e. The van der Waals surface area contributed by atoms with Crippen LogP contribution in [0.25, 0.3) is 0 Å². The van der Waals surface area contributed by atoms with Crippen LogP contribution in [0.2, 0.25) is 0 Å². The number of nitrogens with zero attached hydrogens (tertiary/aromatic N) is 2. The Labute approximate surface area is 151 Å². The number of β-lactam (4-membered cyclic amide) rings is 1. The average Bonchev–Trinajstić information content (AvgIpc) is 2.79. The molecule has 11 heteroatoms. The summed E-state index contributed by atoms with van der Waals surface area (Å²) >= 11 is 0. The minimum atomic E-state index is -5.07. The summed E-state index contributed by atoms with van der Waals surface area (Å²) in [5.74, 6) is -4.72. The van der Waals surface area contributed by atoms with Gasteiger partial charge in [0.05, 0.1) is 13.2 Å². The Bertz CT molecular complexity index is 626. The number of halogens is 3. The van der Waals surface area contributed by atoms with E-state index in [-0.39, 0.29) is 55.4 Å². The minimum absolute atomic E-state index is 0. The van der Waals surface area contributed by atoms with Crippen molar-refractivity contribution >= 4 is 17.8 Å². The third-order valence-electron chi connectivity index (χ3n) is 4.27. The fraction of sp³-hybridized carbons (Fsp3) is 0.583. The van der Waals surface area contributed by atoms with E-state index in [1.807, 2.05) is 0 Å². The van der Waals surface area contributed by atoms with E-state index in [1.165, 1.54) is 7.11 Å². The van der Waals surface area contributed by atoms with E-state index < -0.39 is 42.0 Å². The molecule has 0 unspecified atom stereocenters. The number of methoxy groups -OCH3 is 1. The third kappa shape index (κ3) is 2.43. The Morgan fingerprint density at radius 3 is 2.48 bits per heavy atom. The zero-order valence-electron chi connectivity index (χ0n) is 13.3. The molecule has 3 heterocycles. The van der Waals surface area contributed by atoms with Crippen molar-refractivity contribution in [1.82, 2.24) is 9.80 Å². The molecule has 23 heavy (non-hydrogen) atoms. The van der Waals surface area contributed by atoms with Crippen molar-refractivity contribution in [2.24, 2.45) is 5.92 Å². The van der Waals surface area contributed by atoms with Gasteiger partial charge in [0.25, 0.3) is 5.91 Å². The quantitative estimate of drug-likeness (QED) is 0.428. The number of carbonyl (C=O) groups excluding carboxylic acids is 2. The number of likely N-dealkylation sites (tertiary alicyclic amines) is 1. The first-order valence-electron chi connectivity index (χ1n) is 6.39. The number of ether oxygens (including phenoxy) is 1. The van der Waals surface area contributed by atoms with E-state index in [0.29, 0.717) is 4.90 Å². The van der Waals surface area contributed by atoms with E-state index in [2.05, 4.69) is 0 Å². The molecule has 1 N–H and O–H groups in total. The van der Waals surface area contributed by atoms with Crippen LogP contribution in [0.1, 0.15) is 7.85 Å². The summed E-state index contributed by atoms with van der Waals surface area (Å²) < 4.78 is 42.8. The van der Waals surface area contributed by atoms with Crippen LogP contribution in [0, 0.1) is 5.92 Å². The zero-order chi connectivity index (χ0) is 16.4. The summed E-state index contributed by atoms with van der Waals surface area (Å²) in [6, 6.07) is -1.98. The van der Waals surface area contributed by atoms with Crippen molar-refractivity contribution in [3.8, 4) is 0 Å². The van der Waals surface area contributed by atoms with Crippen LogP contribution >= 0.6 is 0 Å². The van der Waals surface area contributed by atoms with Crippen LogP contribution in [0.5, 0.6) is 0 Å². The molecule has 122 valence electrons. The molecule has 0 spiro atoms. The summed E-state index contributed by atoms with van der Waals surface area (Å²) in [6.07, 6.45) is -4.99. The fourth-order valence-corrected chi connectivity index (χ4v) is 3.44. The Balaban J connectivity index is 0.00000144. The molecule has 0 radical (unpaired) electrons. The second-order valence-electron chi connectivity index (χ2n) is 5.34. The van der Waals surface area contributed by atoms with Crippen molar-refractivity contribution in [2.75, 3.05) is 13.7 Å². The second-order valence-corrected chi connectivity index (χ2v) is 5.34. The number of carbonyl (C=O) groups is 3. The number of amides is 2. The Morgan fingerprint density at radius 1 is 1.39 bits per heavy atom. The monoisotopic (exact) mass is 344 g/mol. The predicted octanol–water partition coefficient (Wildman–Crippen LogP) is -2.95. The summed E-state index contributed by atoms with van der Waals surface area (Å²) in [7, 11) is 1.23. The van der Waals surface area contributed by atoms with E-state index in [9.17, 15) is 32.7 Å². The van der Waals surface area contributed by atoms with Gasteiger partial charge in [-0.3, -0.25) is 14.5 Å². The number of carboxylic acid groups (broad SMARTS) is 1. The van der Waals surface area contributed by atoms with Gasteiger partial charge in [-0.15, -0.1) is 0 Å². The molecule has 2 amide bonds. The zero-order valence-corrected chi connectivity index (χ0v) is 14.3. The molecule has 2 fully saturated rings. The molecule has 3 aliphatic heterocycles. The van der Waals surface area contributed by atoms with Crippen LogP contribution in [-0.4, -0.2) is 64.6 Å². The van der Waals surface area contributed by atoms with Gasteiger partial charge in [-0.25, -0.2) is 4.79 Å². The number of hydrogen-bond acceptors (Lipinski definition) is 4. The van der Waals surface area contributed by atoms with Crippen LogP contribution in [0.15, 0.2) is 11.5 Å². The van der Waals surface area contributed by atoms with E-state index in [1.54, 1.807) is 0 Å². The maximum absolute atomic E-state index is 12.6. The van der Waals surface area contributed by atoms with Gasteiger partial charge in [0, 0.05) is 18.9 Å². The minimum Gasteiger partial charge on any atom is -1.00 e. The van der Waals surface area contributed by atoms with Crippen molar-refractivity contribution in [1.29, 1.82) is 0 Å². The van der Waals surface area contributed by atoms with Crippen LogP contribution in [0.4, 0.5) is 13.2 Å². The molecule has 0 saturated carbocycles. The average molecular weight is 344 g/mol. The molecule has 0 aliphatic carbocycles. The van der Waals surface area contributed by atoms with Crippen molar-refractivity contribution < 1.29 is 68.4 Å². The number of rotatable bonds is 2. The standard InChI is InChI=1S/C12H11F3N2O5.Na.H/c1-22-5-2-4-3-16(11(21)12(13,14)15)8-6(4)17(9(8)18)7(5)10(19)20;;/h4,6,8H,2-3H2,1H3,(H,19,20);;/q;+1;-1/t4-,6-,8+;;/m1../s1. The second kappa shape index (κ2) is 5.67. The Hall–Kier alpha value is -1.26.